The third-order valence-corrected chi connectivity index (χ3v) is 6.39. The molecule has 0 aromatic heterocycles. The second-order valence-corrected chi connectivity index (χ2v) is 9.13. The first kappa shape index (κ1) is 24.3. The minimum Gasteiger partial charge on any atom is -0.379 e. The number of fused-ring (bicyclic) bond motifs is 1. The molecule has 0 spiro atoms. The van der Waals surface area contributed by atoms with E-state index in [1.165, 1.54) is 0 Å². The molecule has 1 aromatic carbocycles. The molecule has 0 radical (unpaired) electrons. The highest BCUT2D eigenvalue weighted by Gasteiger charge is 2.42. The summed E-state index contributed by atoms with van der Waals surface area (Å²) in [5.41, 5.74) is 3.57. The first-order valence-corrected chi connectivity index (χ1v) is 11.2. The predicted octanol–water partition coefficient (Wildman–Crippen LogP) is 0.746. The smallest absolute Gasteiger partial charge is 0.248 e. The van der Waals surface area contributed by atoms with Gasteiger partial charge in [0.25, 0.3) is 0 Å². The molecule has 1 saturated heterocycles. The number of Topliss-reactive ketones (excluding diaryl/α,β-unsaturated/α-hetero) is 1. The number of carbonyl (C=O) groups is 3. The van der Waals surface area contributed by atoms with Gasteiger partial charge in [0.15, 0.2) is 0 Å². The summed E-state index contributed by atoms with van der Waals surface area (Å²) in [6, 6.07) is 7.57. The van der Waals surface area contributed by atoms with Gasteiger partial charge < -0.3 is 4.74 Å². The lowest BCUT2D eigenvalue weighted by Crippen LogP contribution is -2.50. The Kier molecular flexibility index (Phi) is 8.36. The summed E-state index contributed by atoms with van der Waals surface area (Å²) >= 11 is 0. The lowest BCUT2D eigenvalue weighted by molar-refractivity contribution is -0.148. The molecular weight excluding hydrogens is 412 g/mol. The molecule has 0 bridgehead atoms. The van der Waals surface area contributed by atoms with E-state index in [1.807, 2.05) is 38.1 Å². The van der Waals surface area contributed by atoms with Crippen LogP contribution in [-0.4, -0.2) is 65.6 Å². The third kappa shape index (κ3) is 5.72. The number of nitrogens with two attached hydrogens (primary N) is 1. The summed E-state index contributed by atoms with van der Waals surface area (Å²) in [6.07, 6.45) is 0.679. The number of hydroxylamine groups is 1. The van der Waals surface area contributed by atoms with Gasteiger partial charge in [0.05, 0.1) is 25.7 Å². The molecule has 32 heavy (non-hydrogen) atoms. The van der Waals surface area contributed by atoms with Gasteiger partial charge in [0.1, 0.15) is 11.7 Å². The van der Waals surface area contributed by atoms with Crippen LogP contribution in [0.3, 0.4) is 0 Å². The lowest BCUT2D eigenvalue weighted by atomic mass is 9.76. The van der Waals surface area contributed by atoms with Crippen LogP contribution in [-0.2, 0) is 32.1 Å². The zero-order valence-corrected chi connectivity index (χ0v) is 18.8. The molecule has 0 aliphatic carbocycles. The number of hydrogen-bond acceptors (Lipinski definition) is 7. The average molecular weight is 447 g/mol. The summed E-state index contributed by atoms with van der Waals surface area (Å²) < 4.78 is 5.39. The Bertz CT molecular complexity index is 824. The lowest BCUT2D eigenvalue weighted by Gasteiger charge is -2.34. The van der Waals surface area contributed by atoms with E-state index in [9.17, 15) is 19.6 Å². The van der Waals surface area contributed by atoms with Crippen LogP contribution in [0.2, 0.25) is 0 Å². The van der Waals surface area contributed by atoms with Crippen molar-refractivity contribution in [1.82, 2.24) is 15.4 Å². The van der Waals surface area contributed by atoms with E-state index >= 15 is 0 Å². The van der Waals surface area contributed by atoms with Crippen molar-refractivity contribution in [3.8, 4) is 0 Å². The first-order valence-electron chi connectivity index (χ1n) is 11.2. The van der Waals surface area contributed by atoms with Crippen LogP contribution >= 0.6 is 0 Å². The summed E-state index contributed by atoms with van der Waals surface area (Å²) in [5, 5.41) is 10.5. The number of morpholine rings is 1. The highest BCUT2D eigenvalue weighted by atomic mass is 16.5. The van der Waals surface area contributed by atoms with Gasteiger partial charge >= 0.3 is 0 Å². The second kappa shape index (κ2) is 11.0. The third-order valence-electron chi connectivity index (χ3n) is 6.39. The molecule has 0 unspecified atom stereocenters. The van der Waals surface area contributed by atoms with Crippen molar-refractivity contribution in [2.75, 3.05) is 32.8 Å². The largest absolute Gasteiger partial charge is 0.379 e. The fraction of sp³-hybridized carbons (Fsp3) is 0.609. The number of ketones is 1. The Morgan fingerprint density at radius 3 is 2.47 bits per heavy atom. The Hall–Kier alpha value is -2.33. The molecule has 3 rings (SSSR count). The number of hydrogen-bond donors (Lipinski definition) is 3. The second-order valence-electron chi connectivity index (χ2n) is 9.13. The maximum Gasteiger partial charge on any atom is 0.248 e. The first-order chi connectivity index (χ1) is 15.3. The average Bonchev–Trinajstić information content (AvgIpc) is 2.91. The summed E-state index contributed by atoms with van der Waals surface area (Å²) in [7, 11) is 0. The van der Waals surface area contributed by atoms with Gasteiger partial charge in [-0.1, -0.05) is 38.1 Å². The SMILES string of the molecule is CC(C)C[C@@H](C(=O)[C@@H]1Cc2ccccc2CN(N)C1=O)[C@H](CN1CCOCC1)C(=O)NO. The fourth-order valence-electron chi connectivity index (χ4n) is 4.68. The highest BCUT2D eigenvalue weighted by Crippen LogP contribution is 2.30. The van der Waals surface area contributed by atoms with E-state index in [0.29, 0.717) is 39.3 Å². The molecule has 0 saturated carbocycles. The van der Waals surface area contributed by atoms with Crippen LogP contribution in [0, 0.1) is 23.7 Å². The quantitative estimate of drug-likeness (QED) is 0.177. The minimum atomic E-state index is -0.967. The van der Waals surface area contributed by atoms with E-state index in [-0.39, 0.29) is 24.7 Å². The van der Waals surface area contributed by atoms with Gasteiger partial charge in [-0.15, -0.1) is 0 Å². The van der Waals surface area contributed by atoms with Crippen LogP contribution in [0.5, 0.6) is 0 Å². The zero-order chi connectivity index (χ0) is 23.3. The number of nitrogens with one attached hydrogen (secondary N) is 1. The number of carbonyl (C=O) groups excluding carboxylic acids is 3. The maximum atomic E-state index is 13.8. The van der Waals surface area contributed by atoms with Crippen LogP contribution < -0.4 is 11.3 Å². The molecule has 4 N–H and O–H groups in total. The van der Waals surface area contributed by atoms with Crippen molar-refractivity contribution in [2.24, 2.45) is 29.5 Å². The van der Waals surface area contributed by atoms with Crippen molar-refractivity contribution in [3.63, 3.8) is 0 Å². The molecule has 3 atom stereocenters. The van der Waals surface area contributed by atoms with Gasteiger partial charge in [-0.3, -0.25) is 29.5 Å². The Morgan fingerprint density at radius 1 is 1.19 bits per heavy atom. The zero-order valence-electron chi connectivity index (χ0n) is 18.8. The Morgan fingerprint density at radius 2 is 1.84 bits per heavy atom. The molecule has 2 aliphatic heterocycles. The van der Waals surface area contributed by atoms with E-state index in [4.69, 9.17) is 10.6 Å². The molecule has 9 heteroatoms. The van der Waals surface area contributed by atoms with Crippen LogP contribution in [0.4, 0.5) is 0 Å². The van der Waals surface area contributed by atoms with Crippen molar-refractivity contribution in [1.29, 1.82) is 0 Å². The van der Waals surface area contributed by atoms with Crippen molar-refractivity contribution in [2.45, 2.75) is 33.2 Å². The number of hydrazine groups is 1. The Labute approximate surface area is 188 Å². The fourth-order valence-corrected chi connectivity index (χ4v) is 4.68. The standard InChI is InChI=1S/C23H34N4O5/c1-15(2)11-18(20(22(29)25-31)14-26-7-9-32-10-8-26)21(28)19-12-16-5-3-4-6-17(16)13-27(24)23(19)30/h3-6,15,18-20,31H,7-14,24H2,1-2H3,(H,25,29)/t18-,19+,20+/m1/s1. The molecule has 2 heterocycles. The maximum absolute atomic E-state index is 13.8. The van der Waals surface area contributed by atoms with E-state index < -0.39 is 29.6 Å². The molecule has 176 valence electrons. The molecular formula is C23H34N4O5. The minimum absolute atomic E-state index is 0.116. The molecule has 2 amide bonds. The number of rotatable bonds is 8. The van der Waals surface area contributed by atoms with Crippen molar-refractivity contribution < 1.29 is 24.3 Å². The van der Waals surface area contributed by atoms with E-state index in [2.05, 4.69) is 4.90 Å². The van der Waals surface area contributed by atoms with Gasteiger partial charge in [-0.2, -0.15) is 0 Å². The summed E-state index contributed by atoms with van der Waals surface area (Å²) in [5.74, 6) is 2.32. The van der Waals surface area contributed by atoms with Gasteiger partial charge in [0.2, 0.25) is 11.8 Å². The van der Waals surface area contributed by atoms with Crippen LogP contribution in [0.15, 0.2) is 24.3 Å². The Balaban J connectivity index is 1.92. The molecule has 1 aromatic rings. The van der Waals surface area contributed by atoms with Gasteiger partial charge in [-0.05, 0) is 29.9 Å². The van der Waals surface area contributed by atoms with E-state index in [0.717, 1.165) is 16.1 Å². The summed E-state index contributed by atoms with van der Waals surface area (Å²) in [6.45, 7) is 6.89. The summed E-state index contributed by atoms with van der Waals surface area (Å²) in [4.78, 5) is 41.7. The van der Waals surface area contributed by atoms with Gasteiger partial charge in [-0.25, -0.2) is 11.3 Å². The topological polar surface area (TPSA) is 125 Å². The van der Waals surface area contributed by atoms with E-state index in [1.54, 1.807) is 5.48 Å². The molecule has 2 aliphatic rings. The van der Waals surface area contributed by atoms with Gasteiger partial charge in [0, 0.05) is 25.6 Å². The number of amides is 2. The molecule has 9 nitrogen and oxygen atoms in total. The predicted molar refractivity (Wildman–Crippen MR) is 117 cm³/mol. The highest BCUT2D eigenvalue weighted by molar-refractivity contribution is 6.04. The van der Waals surface area contributed by atoms with Crippen LogP contribution in [0.25, 0.3) is 0 Å². The number of ether oxygens (including phenoxy) is 1. The number of benzene rings is 1. The monoisotopic (exact) mass is 446 g/mol. The van der Waals surface area contributed by atoms with Crippen molar-refractivity contribution >= 4 is 17.6 Å². The van der Waals surface area contributed by atoms with Crippen molar-refractivity contribution in [3.05, 3.63) is 35.4 Å². The number of nitrogens with zero attached hydrogens (tertiary/aromatic N) is 2. The van der Waals surface area contributed by atoms with Crippen LogP contribution in [0.1, 0.15) is 31.4 Å². The normalized spacial score (nSPS) is 21.6. The molecule has 1 fully saturated rings.